The van der Waals surface area contributed by atoms with Gasteiger partial charge in [-0.05, 0) is 59.8 Å². The fraction of sp³-hybridized carbons (Fsp3) is 0.237. The minimum Gasteiger partial charge on any atom is -0.509 e. The summed E-state index contributed by atoms with van der Waals surface area (Å²) in [6.45, 7) is 12.2. The number of anilines is 3. The first-order valence-corrected chi connectivity index (χ1v) is 14.8. The Hall–Kier alpha value is -4.15. The summed E-state index contributed by atoms with van der Waals surface area (Å²) >= 11 is 0. The summed E-state index contributed by atoms with van der Waals surface area (Å²) in [4.78, 5) is 12.6. The van der Waals surface area contributed by atoms with E-state index in [0.717, 1.165) is 39.0 Å². The van der Waals surface area contributed by atoms with Crippen LogP contribution < -0.4 is 14.5 Å². The molecule has 6 nitrogen and oxygen atoms in total. The maximum absolute atomic E-state index is 8.12. The Balaban J connectivity index is 0.00000401. The number of rotatable bonds is 4. The molecule has 0 unspecified atom stereocenters. The molecule has 0 bridgehead atoms. The van der Waals surface area contributed by atoms with Gasteiger partial charge in [-0.3, -0.25) is 4.98 Å². The van der Waals surface area contributed by atoms with E-state index in [-0.39, 0.29) is 31.9 Å². The Labute approximate surface area is 284 Å². The van der Waals surface area contributed by atoms with E-state index in [0.29, 0.717) is 22.9 Å². The van der Waals surface area contributed by atoms with Crippen molar-refractivity contribution in [3.63, 3.8) is 0 Å². The average molecular weight is 777 g/mol. The third-order valence-corrected chi connectivity index (χ3v) is 8.05. The van der Waals surface area contributed by atoms with Gasteiger partial charge in [0.1, 0.15) is 5.82 Å². The van der Waals surface area contributed by atoms with Crippen molar-refractivity contribution < 1.29 is 29.9 Å². The number of benzene rings is 3. The van der Waals surface area contributed by atoms with Crippen molar-refractivity contribution in [3.8, 4) is 17.3 Å². The Kier molecular flexibility index (Phi) is 6.85. The number of fused-ring (bicyclic) bond motifs is 4. The Morgan fingerprint density at radius 1 is 0.778 bits per heavy atom. The van der Waals surface area contributed by atoms with Crippen molar-refractivity contribution in [2.75, 3.05) is 16.8 Å². The van der Waals surface area contributed by atoms with Crippen molar-refractivity contribution in [1.29, 1.82) is 0 Å². The molecule has 3 aromatic carbocycles. The monoisotopic (exact) mass is 776 g/mol. The molecule has 1 aliphatic rings. The third kappa shape index (κ3) is 5.61. The SMILES string of the molecule is [2H]C([2H])([2H])N1[CH-]N(c2[c-]c(Oc3[c-]c4c(cc3)c3ncccc3n4-c3cc(C(C)(C)C)ccn3)cc(C(C)(C)C)c2)c2ccccc21.[Pt]. The van der Waals surface area contributed by atoms with Crippen LogP contribution in [-0.4, -0.2) is 21.5 Å². The Morgan fingerprint density at radius 2 is 1.56 bits per heavy atom. The summed E-state index contributed by atoms with van der Waals surface area (Å²) in [5.74, 6) is 1.79. The molecule has 0 amide bonds. The topological polar surface area (TPSA) is 46.4 Å². The second kappa shape index (κ2) is 11.3. The minimum absolute atomic E-state index is 0. The maximum atomic E-state index is 8.12. The predicted molar refractivity (Wildman–Crippen MR) is 179 cm³/mol. The van der Waals surface area contributed by atoms with E-state index in [1.165, 1.54) is 10.5 Å². The van der Waals surface area contributed by atoms with Gasteiger partial charge in [-0.2, -0.15) is 12.7 Å². The van der Waals surface area contributed by atoms with E-state index >= 15 is 0 Å². The number of nitrogens with zero attached hydrogens (tertiary/aromatic N) is 5. The first-order valence-electron chi connectivity index (χ1n) is 16.3. The number of hydrogen-bond donors (Lipinski definition) is 0. The van der Waals surface area contributed by atoms with Crippen LogP contribution in [-0.2, 0) is 31.9 Å². The Bertz CT molecular complexity index is 2150. The largest absolute Gasteiger partial charge is 0.509 e. The Morgan fingerprint density at radius 3 is 2.31 bits per heavy atom. The van der Waals surface area contributed by atoms with Gasteiger partial charge in [0.25, 0.3) is 0 Å². The quantitative estimate of drug-likeness (QED) is 0.167. The molecule has 3 aromatic heterocycles. The van der Waals surface area contributed by atoms with Crippen LogP contribution in [0.15, 0.2) is 85.2 Å². The first-order chi connectivity index (χ1) is 22.2. The second-order valence-corrected chi connectivity index (χ2v) is 13.3. The molecular weight excluding hydrogens is 738 g/mol. The molecule has 7 heteroatoms. The molecule has 0 atom stereocenters. The molecule has 4 heterocycles. The van der Waals surface area contributed by atoms with E-state index in [1.54, 1.807) is 12.9 Å². The van der Waals surface area contributed by atoms with Gasteiger partial charge in [0.15, 0.2) is 0 Å². The van der Waals surface area contributed by atoms with Gasteiger partial charge in [-0.25, -0.2) is 4.98 Å². The molecule has 0 aliphatic carbocycles. The number of aromatic nitrogens is 3. The van der Waals surface area contributed by atoms with E-state index in [9.17, 15) is 0 Å². The van der Waals surface area contributed by atoms with Crippen LogP contribution in [0.5, 0.6) is 11.5 Å². The normalized spacial score (nSPS) is 14.6. The zero-order chi connectivity index (χ0) is 33.3. The van der Waals surface area contributed by atoms with Gasteiger partial charge in [0.05, 0.1) is 5.52 Å². The standard InChI is InChI=1S/C38H36N5O.Pt/c1-37(2,3)25-16-18-39-35(21-25)43-33-13-10-17-40-36(33)30-15-14-28(23-34(30)43)44-29-20-26(38(4,5)6)19-27(22-29)42-24-41(7)31-11-8-9-12-32(31)42;/h8-21,24H,1-7H3;/q-3;/i7D3;. The smallest absolute Gasteiger partial charge is 0.135 e. The van der Waals surface area contributed by atoms with Gasteiger partial charge in [0.2, 0.25) is 0 Å². The molecule has 0 fully saturated rings. The van der Waals surface area contributed by atoms with Crippen molar-refractivity contribution >= 4 is 39.0 Å². The van der Waals surface area contributed by atoms with E-state index in [4.69, 9.17) is 18.8 Å². The number of para-hydroxylation sites is 2. The van der Waals surface area contributed by atoms with Gasteiger partial charge >= 0.3 is 0 Å². The summed E-state index contributed by atoms with van der Waals surface area (Å²) in [7, 11) is 0. The minimum atomic E-state index is -2.34. The van der Waals surface area contributed by atoms with E-state index in [2.05, 4.69) is 70.4 Å². The van der Waals surface area contributed by atoms with Gasteiger partial charge in [-0.1, -0.05) is 64.6 Å². The number of ether oxygens (including phenoxy) is 1. The van der Waals surface area contributed by atoms with Gasteiger partial charge in [0, 0.05) is 66.0 Å². The molecule has 0 N–H and O–H groups in total. The maximum Gasteiger partial charge on any atom is 0.135 e. The van der Waals surface area contributed by atoms with Crippen molar-refractivity contribution in [3.05, 3.63) is 115 Å². The second-order valence-electron chi connectivity index (χ2n) is 13.3. The van der Waals surface area contributed by atoms with E-state index in [1.807, 2.05) is 71.8 Å². The summed E-state index contributed by atoms with van der Waals surface area (Å²) in [5, 5.41) is 0.942. The summed E-state index contributed by atoms with van der Waals surface area (Å²) in [6.07, 6.45) is 3.64. The predicted octanol–water partition coefficient (Wildman–Crippen LogP) is 9.27. The van der Waals surface area contributed by atoms with Crippen LogP contribution in [0.1, 0.15) is 56.8 Å². The average Bonchev–Trinajstić information content (AvgIpc) is 3.57. The van der Waals surface area contributed by atoms with Gasteiger partial charge in [-0.15, -0.1) is 41.6 Å². The zero-order valence-corrected chi connectivity index (χ0v) is 28.4. The number of pyridine rings is 2. The molecule has 0 saturated heterocycles. The molecule has 6 aromatic rings. The zero-order valence-electron chi connectivity index (χ0n) is 29.1. The molecule has 0 spiro atoms. The van der Waals surface area contributed by atoms with Crippen LogP contribution in [0.2, 0.25) is 0 Å². The van der Waals surface area contributed by atoms with Gasteiger partial charge < -0.3 is 19.1 Å². The summed E-state index contributed by atoms with van der Waals surface area (Å²) < 4.78 is 33.0. The molecule has 7 rings (SSSR count). The summed E-state index contributed by atoms with van der Waals surface area (Å²) in [5.41, 5.74) is 6.55. The molecule has 232 valence electrons. The number of hydrogen-bond acceptors (Lipinski definition) is 5. The van der Waals surface area contributed by atoms with Crippen LogP contribution in [0.4, 0.5) is 17.1 Å². The molecule has 0 saturated carbocycles. The first kappa shape index (κ1) is 27.2. The third-order valence-electron chi connectivity index (χ3n) is 8.05. The molecule has 0 radical (unpaired) electrons. The fourth-order valence-corrected chi connectivity index (χ4v) is 5.61. The van der Waals surface area contributed by atoms with Crippen LogP contribution in [0, 0.1) is 18.8 Å². The molecular formula is C38H36N5OPt-3. The van der Waals surface area contributed by atoms with Crippen LogP contribution in [0.25, 0.3) is 27.8 Å². The van der Waals surface area contributed by atoms with Crippen LogP contribution >= 0.6 is 0 Å². The molecule has 1 aliphatic heterocycles. The van der Waals surface area contributed by atoms with Crippen molar-refractivity contribution in [2.24, 2.45) is 0 Å². The van der Waals surface area contributed by atoms with Crippen molar-refractivity contribution in [2.45, 2.75) is 52.4 Å². The van der Waals surface area contributed by atoms with Crippen LogP contribution in [0.3, 0.4) is 0 Å². The summed E-state index contributed by atoms with van der Waals surface area (Å²) in [6, 6.07) is 30.5. The van der Waals surface area contributed by atoms with E-state index < -0.39 is 6.98 Å². The fourth-order valence-electron chi connectivity index (χ4n) is 5.61. The van der Waals surface area contributed by atoms with Crippen molar-refractivity contribution in [1.82, 2.24) is 14.5 Å². The molecule has 45 heavy (non-hydrogen) atoms.